The summed E-state index contributed by atoms with van der Waals surface area (Å²) in [5, 5.41) is 8.43. The van der Waals surface area contributed by atoms with E-state index in [0.29, 0.717) is 12.0 Å². The number of hydrogen-bond acceptors (Lipinski definition) is 4. The number of aromatic nitrogens is 1. The topological polar surface area (TPSA) is 94.3 Å². The van der Waals surface area contributed by atoms with Gasteiger partial charge in [-0.05, 0) is 40.8 Å². The number of benzene rings is 2. The largest absolute Gasteiger partial charge is 0.361 e. The molecule has 5 rings (SSSR count). The molecule has 0 saturated carbocycles. The number of aromatic amines is 1. The van der Waals surface area contributed by atoms with Gasteiger partial charge < -0.3 is 15.6 Å². The molecule has 0 radical (unpaired) electrons. The molecule has 4 aromatic rings. The third kappa shape index (κ3) is 4.29. The summed E-state index contributed by atoms with van der Waals surface area (Å²) in [5.74, 6) is -1.31. The van der Waals surface area contributed by atoms with Crippen LogP contribution in [0.5, 0.6) is 0 Å². The van der Waals surface area contributed by atoms with Crippen LogP contribution in [0.1, 0.15) is 22.0 Å². The van der Waals surface area contributed by atoms with Gasteiger partial charge >= 0.3 is 6.03 Å². The average Bonchev–Trinajstić information content (AvgIpc) is 3.56. The molecular weight excluding hydrogens is 455 g/mol. The number of hydrogen-bond donors (Lipinski definition) is 3. The van der Waals surface area contributed by atoms with Crippen LogP contribution >= 0.6 is 11.3 Å². The van der Waals surface area contributed by atoms with Crippen LogP contribution in [0.3, 0.4) is 0 Å². The molecule has 34 heavy (non-hydrogen) atoms. The van der Waals surface area contributed by atoms with Crippen molar-refractivity contribution in [3.05, 3.63) is 94.1 Å². The number of imide groups is 1. The highest BCUT2D eigenvalue weighted by Crippen LogP contribution is 2.26. The van der Waals surface area contributed by atoms with Crippen molar-refractivity contribution in [1.82, 2.24) is 20.5 Å². The summed E-state index contributed by atoms with van der Waals surface area (Å²) in [6.45, 7) is -0.405. The summed E-state index contributed by atoms with van der Waals surface area (Å²) in [4.78, 5) is 43.3. The van der Waals surface area contributed by atoms with Crippen LogP contribution in [0, 0.1) is 5.82 Å². The SMILES string of the molecule is O=C(CN1C(=O)N[C@@H](Cc2c[nH]c3ccccc23)C1=O)N[C@H](c1ccc(F)cc1)c1cccs1. The van der Waals surface area contributed by atoms with Crippen molar-refractivity contribution in [2.75, 3.05) is 6.54 Å². The minimum Gasteiger partial charge on any atom is -0.361 e. The Labute approximate surface area is 198 Å². The van der Waals surface area contributed by atoms with Crippen LogP contribution in [0.4, 0.5) is 9.18 Å². The van der Waals surface area contributed by atoms with Crippen LogP contribution < -0.4 is 10.6 Å². The lowest BCUT2D eigenvalue weighted by molar-refractivity contribution is -0.132. The van der Waals surface area contributed by atoms with Gasteiger partial charge in [-0.2, -0.15) is 0 Å². The number of urea groups is 1. The van der Waals surface area contributed by atoms with Gasteiger partial charge in [-0.3, -0.25) is 14.5 Å². The Morgan fingerprint density at radius 2 is 1.88 bits per heavy atom. The molecular formula is C25H21FN4O3S. The lowest BCUT2D eigenvalue weighted by atomic mass is 10.0. The van der Waals surface area contributed by atoms with Crippen molar-refractivity contribution in [1.29, 1.82) is 0 Å². The van der Waals surface area contributed by atoms with Crippen molar-refractivity contribution in [3.63, 3.8) is 0 Å². The fourth-order valence-electron chi connectivity index (χ4n) is 4.17. The van der Waals surface area contributed by atoms with Gasteiger partial charge in [0.2, 0.25) is 5.91 Å². The number of carbonyl (C=O) groups excluding carboxylic acids is 3. The van der Waals surface area contributed by atoms with Gasteiger partial charge in [-0.25, -0.2) is 9.18 Å². The van der Waals surface area contributed by atoms with E-state index >= 15 is 0 Å². The average molecular weight is 477 g/mol. The lowest BCUT2D eigenvalue weighted by Crippen LogP contribution is -2.42. The Bertz CT molecular complexity index is 1350. The highest BCUT2D eigenvalue weighted by atomic mass is 32.1. The van der Waals surface area contributed by atoms with Crippen molar-refractivity contribution in [2.24, 2.45) is 0 Å². The van der Waals surface area contributed by atoms with Crippen molar-refractivity contribution < 1.29 is 18.8 Å². The summed E-state index contributed by atoms with van der Waals surface area (Å²) >= 11 is 1.45. The Morgan fingerprint density at radius 1 is 1.09 bits per heavy atom. The molecule has 172 valence electrons. The molecule has 7 nitrogen and oxygen atoms in total. The fraction of sp³-hybridized carbons (Fsp3) is 0.160. The molecule has 0 bridgehead atoms. The number of rotatable bonds is 7. The smallest absolute Gasteiger partial charge is 0.325 e. The number of para-hydroxylation sites is 1. The zero-order valence-corrected chi connectivity index (χ0v) is 18.8. The molecule has 0 spiro atoms. The number of fused-ring (bicyclic) bond motifs is 1. The minimum absolute atomic E-state index is 0.320. The Kier molecular flexibility index (Phi) is 5.85. The zero-order valence-electron chi connectivity index (χ0n) is 18.0. The maximum atomic E-state index is 13.4. The normalized spacial score (nSPS) is 16.6. The molecule has 4 amide bonds. The molecule has 2 atom stereocenters. The number of carbonyl (C=O) groups is 3. The molecule has 9 heteroatoms. The predicted octanol–water partition coefficient (Wildman–Crippen LogP) is 3.74. The first-order chi connectivity index (χ1) is 16.5. The van der Waals surface area contributed by atoms with Gasteiger partial charge in [0.15, 0.2) is 0 Å². The molecule has 1 aliphatic heterocycles. The van der Waals surface area contributed by atoms with E-state index in [1.165, 1.54) is 23.5 Å². The van der Waals surface area contributed by atoms with Crippen molar-refractivity contribution in [2.45, 2.75) is 18.5 Å². The maximum Gasteiger partial charge on any atom is 0.325 e. The van der Waals surface area contributed by atoms with Gasteiger partial charge in [0.1, 0.15) is 18.4 Å². The first kappa shape index (κ1) is 21.8. The molecule has 3 heterocycles. The van der Waals surface area contributed by atoms with Gasteiger partial charge in [0.25, 0.3) is 5.91 Å². The first-order valence-corrected chi connectivity index (χ1v) is 11.6. The molecule has 1 aliphatic rings. The van der Waals surface area contributed by atoms with Crippen LogP contribution in [0.25, 0.3) is 10.9 Å². The van der Waals surface area contributed by atoms with E-state index in [-0.39, 0.29) is 5.82 Å². The maximum absolute atomic E-state index is 13.4. The van der Waals surface area contributed by atoms with E-state index in [1.807, 2.05) is 48.0 Å². The van der Waals surface area contributed by atoms with Crippen molar-refractivity contribution >= 4 is 40.1 Å². The molecule has 0 aliphatic carbocycles. The lowest BCUT2D eigenvalue weighted by Gasteiger charge is -2.20. The summed E-state index contributed by atoms with van der Waals surface area (Å²) in [7, 11) is 0. The highest BCUT2D eigenvalue weighted by molar-refractivity contribution is 7.10. The van der Waals surface area contributed by atoms with Crippen LogP contribution in [0.2, 0.25) is 0 Å². The Hall–Kier alpha value is -3.98. The second kappa shape index (κ2) is 9.11. The summed E-state index contributed by atoms with van der Waals surface area (Å²) in [6, 6.07) is 15.4. The molecule has 1 fully saturated rings. The summed E-state index contributed by atoms with van der Waals surface area (Å²) in [6.07, 6.45) is 2.15. The van der Waals surface area contributed by atoms with Gasteiger partial charge in [-0.15, -0.1) is 11.3 Å². The van der Waals surface area contributed by atoms with E-state index in [4.69, 9.17) is 0 Å². The second-order valence-electron chi connectivity index (χ2n) is 8.06. The first-order valence-electron chi connectivity index (χ1n) is 10.7. The number of H-pyrrole nitrogens is 1. The highest BCUT2D eigenvalue weighted by Gasteiger charge is 2.39. The second-order valence-corrected chi connectivity index (χ2v) is 9.04. The van der Waals surface area contributed by atoms with E-state index in [9.17, 15) is 18.8 Å². The molecule has 2 aromatic heterocycles. The van der Waals surface area contributed by atoms with Crippen molar-refractivity contribution in [3.8, 4) is 0 Å². The molecule has 0 unspecified atom stereocenters. The van der Waals surface area contributed by atoms with Crippen LogP contribution in [0.15, 0.2) is 72.2 Å². The zero-order chi connectivity index (χ0) is 23.7. The predicted molar refractivity (Wildman–Crippen MR) is 127 cm³/mol. The molecule has 3 N–H and O–H groups in total. The van der Waals surface area contributed by atoms with E-state index in [2.05, 4.69) is 15.6 Å². The van der Waals surface area contributed by atoms with E-state index in [1.54, 1.807) is 12.1 Å². The number of amides is 4. The molecule has 2 aromatic carbocycles. The number of nitrogens with zero attached hydrogens (tertiary/aromatic N) is 1. The standard InChI is InChI=1S/C25H21FN4O3S/c26-17-9-7-15(8-10-17)23(21-6-3-11-34-21)29-22(31)14-30-24(32)20(28-25(30)33)12-16-13-27-19-5-2-1-4-18(16)19/h1-11,13,20,23,27H,12,14H2,(H,28,33)(H,29,31)/t20-,23+/m0/s1. The monoisotopic (exact) mass is 476 g/mol. The quantitative estimate of drug-likeness (QED) is 0.355. The third-order valence-electron chi connectivity index (χ3n) is 5.84. The molecule has 1 saturated heterocycles. The van der Waals surface area contributed by atoms with Gasteiger partial charge in [-0.1, -0.05) is 36.4 Å². The minimum atomic E-state index is -0.746. The van der Waals surface area contributed by atoms with E-state index in [0.717, 1.165) is 26.2 Å². The number of halogens is 1. The Morgan fingerprint density at radius 3 is 2.65 bits per heavy atom. The number of nitrogens with one attached hydrogen (secondary N) is 3. The third-order valence-corrected chi connectivity index (χ3v) is 6.78. The summed E-state index contributed by atoms with van der Waals surface area (Å²) < 4.78 is 13.4. The van der Waals surface area contributed by atoms with E-state index < -0.39 is 36.5 Å². The van der Waals surface area contributed by atoms with Gasteiger partial charge in [0.05, 0.1) is 6.04 Å². The Balaban J connectivity index is 1.28. The van der Waals surface area contributed by atoms with Crippen LogP contribution in [-0.2, 0) is 16.0 Å². The summed E-state index contributed by atoms with van der Waals surface area (Å²) in [5.41, 5.74) is 2.56. The fourth-order valence-corrected chi connectivity index (χ4v) is 4.97. The van der Waals surface area contributed by atoms with Crippen LogP contribution in [-0.4, -0.2) is 40.3 Å². The van der Waals surface area contributed by atoms with Gasteiger partial charge in [0, 0.05) is 28.4 Å². The number of thiophene rings is 1.